The van der Waals surface area contributed by atoms with Crippen LogP contribution in [-0.4, -0.2) is 30.0 Å². The van der Waals surface area contributed by atoms with E-state index in [1.807, 2.05) is 6.92 Å². The number of nitrogens with one attached hydrogen (secondary N) is 1. The zero-order valence-electron chi connectivity index (χ0n) is 8.59. The molecule has 14 heavy (non-hydrogen) atoms. The van der Waals surface area contributed by atoms with Gasteiger partial charge in [-0.3, -0.25) is 4.79 Å². The van der Waals surface area contributed by atoms with Gasteiger partial charge in [-0.2, -0.15) is 0 Å². The third-order valence-corrected chi connectivity index (χ3v) is 2.62. The predicted molar refractivity (Wildman–Crippen MR) is 59.6 cm³/mol. The maximum atomic E-state index is 11.3. The van der Waals surface area contributed by atoms with E-state index in [9.17, 15) is 4.79 Å². The van der Waals surface area contributed by atoms with Crippen LogP contribution in [0.3, 0.4) is 0 Å². The predicted octanol–water partition coefficient (Wildman–Crippen LogP) is 1.85. The highest BCUT2D eigenvalue weighted by atomic mass is 79.9. The molecule has 0 aromatic carbocycles. The summed E-state index contributed by atoms with van der Waals surface area (Å²) in [4.78, 5) is 11.7. The minimum Gasteiger partial charge on any atom is -0.378 e. The van der Waals surface area contributed by atoms with Gasteiger partial charge < -0.3 is 10.1 Å². The van der Waals surface area contributed by atoms with Crippen molar-refractivity contribution in [2.45, 2.75) is 43.5 Å². The fraction of sp³-hybridized carbons (Fsp3) is 0.900. The standard InChI is InChI=1S/C10H18BrNO2/c1-8(11)7-12-10(13)5-4-9-3-2-6-14-9/h8-9H,2-7H2,1H3,(H,12,13). The minimum atomic E-state index is 0.131. The molecule has 0 saturated carbocycles. The molecule has 0 aliphatic carbocycles. The molecular formula is C10H18BrNO2. The van der Waals surface area contributed by atoms with E-state index in [-0.39, 0.29) is 5.91 Å². The largest absolute Gasteiger partial charge is 0.378 e. The molecule has 1 rings (SSSR count). The SMILES string of the molecule is CC(Br)CNC(=O)CCC1CCCO1. The molecule has 0 spiro atoms. The number of hydrogen-bond acceptors (Lipinski definition) is 2. The van der Waals surface area contributed by atoms with Crippen LogP contribution in [0.5, 0.6) is 0 Å². The fourth-order valence-electron chi connectivity index (χ4n) is 1.51. The fourth-order valence-corrected chi connectivity index (χ4v) is 1.67. The number of alkyl halides is 1. The van der Waals surface area contributed by atoms with Crippen LogP contribution in [0.15, 0.2) is 0 Å². The molecule has 2 unspecified atom stereocenters. The molecular weight excluding hydrogens is 246 g/mol. The van der Waals surface area contributed by atoms with Gasteiger partial charge >= 0.3 is 0 Å². The van der Waals surface area contributed by atoms with Gasteiger partial charge in [-0.15, -0.1) is 0 Å². The van der Waals surface area contributed by atoms with Crippen LogP contribution >= 0.6 is 15.9 Å². The second kappa shape index (κ2) is 6.40. The Hall–Kier alpha value is -0.0900. The van der Waals surface area contributed by atoms with Crippen molar-refractivity contribution < 1.29 is 9.53 Å². The monoisotopic (exact) mass is 263 g/mol. The Bertz CT molecular complexity index is 179. The Morgan fingerprint density at radius 2 is 2.50 bits per heavy atom. The van der Waals surface area contributed by atoms with Crippen molar-refractivity contribution in [3.63, 3.8) is 0 Å². The zero-order valence-corrected chi connectivity index (χ0v) is 10.2. The smallest absolute Gasteiger partial charge is 0.220 e. The molecule has 1 heterocycles. The molecule has 1 saturated heterocycles. The molecule has 1 aliphatic rings. The van der Waals surface area contributed by atoms with Crippen molar-refractivity contribution in [1.29, 1.82) is 0 Å². The van der Waals surface area contributed by atoms with Gasteiger partial charge in [-0.25, -0.2) is 0 Å². The van der Waals surface area contributed by atoms with Crippen molar-refractivity contribution in [2.75, 3.05) is 13.2 Å². The average molecular weight is 264 g/mol. The molecule has 1 fully saturated rings. The molecule has 1 amide bonds. The van der Waals surface area contributed by atoms with Gasteiger partial charge in [0.05, 0.1) is 6.10 Å². The van der Waals surface area contributed by atoms with Gasteiger partial charge in [0.1, 0.15) is 0 Å². The van der Waals surface area contributed by atoms with Gasteiger partial charge in [-0.1, -0.05) is 22.9 Å². The maximum absolute atomic E-state index is 11.3. The molecule has 0 aromatic rings. The number of halogens is 1. The average Bonchev–Trinajstić information content (AvgIpc) is 2.63. The Kier molecular flexibility index (Phi) is 5.48. The van der Waals surface area contributed by atoms with Crippen LogP contribution in [0, 0.1) is 0 Å². The summed E-state index contributed by atoms with van der Waals surface area (Å²) < 4.78 is 5.44. The van der Waals surface area contributed by atoms with Crippen LogP contribution in [0.2, 0.25) is 0 Å². The summed E-state index contributed by atoms with van der Waals surface area (Å²) >= 11 is 3.38. The summed E-state index contributed by atoms with van der Waals surface area (Å²) in [6.45, 7) is 3.58. The minimum absolute atomic E-state index is 0.131. The summed E-state index contributed by atoms with van der Waals surface area (Å²) in [7, 11) is 0. The van der Waals surface area contributed by atoms with Gasteiger partial charge in [0.25, 0.3) is 0 Å². The third-order valence-electron chi connectivity index (χ3n) is 2.30. The van der Waals surface area contributed by atoms with Gasteiger partial charge in [-0.05, 0) is 19.3 Å². The molecule has 82 valence electrons. The lowest BCUT2D eigenvalue weighted by Gasteiger charge is -2.09. The Balaban J connectivity index is 2.02. The molecule has 3 nitrogen and oxygen atoms in total. The van der Waals surface area contributed by atoms with E-state index in [1.54, 1.807) is 0 Å². The highest BCUT2D eigenvalue weighted by Gasteiger charge is 2.16. The molecule has 0 radical (unpaired) electrons. The topological polar surface area (TPSA) is 38.3 Å². The Morgan fingerprint density at radius 1 is 1.71 bits per heavy atom. The van der Waals surface area contributed by atoms with E-state index in [4.69, 9.17) is 4.74 Å². The van der Waals surface area contributed by atoms with Crippen molar-refractivity contribution in [3.8, 4) is 0 Å². The van der Waals surface area contributed by atoms with Crippen molar-refractivity contribution in [3.05, 3.63) is 0 Å². The second-order valence-corrected chi connectivity index (χ2v) is 5.32. The van der Waals surface area contributed by atoms with Crippen molar-refractivity contribution >= 4 is 21.8 Å². The summed E-state index contributed by atoms with van der Waals surface area (Å²) in [5, 5.41) is 2.86. The Morgan fingerprint density at radius 3 is 3.07 bits per heavy atom. The molecule has 4 heteroatoms. The van der Waals surface area contributed by atoms with Gasteiger partial charge in [0.2, 0.25) is 5.91 Å². The molecule has 0 bridgehead atoms. The normalized spacial score (nSPS) is 23.4. The zero-order chi connectivity index (χ0) is 10.4. The van der Waals surface area contributed by atoms with Crippen molar-refractivity contribution in [2.24, 2.45) is 0 Å². The van der Waals surface area contributed by atoms with Crippen LogP contribution in [0.1, 0.15) is 32.6 Å². The van der Waals surface area contributed by atoms with Gasteiger partial charge in [0, 0.05) is 24.4 Å². The van der Waals surface area contributed by atoms with Crippen LogP contribution in [0.25, 0.3) is 0 Å². The number of hydrogen-bond donors (Lipinski definition) is 1. The van der Waals surface area contributed by atoms with E-state index in [2.05, 4.69) is 21.2 Å². The van der Waals surface area contributed by atoms with Crippen LogP contribution in [0.4, 0.5) is 0 Å². The second-order valence-electron chi connectivity index (χ2n) is 3.76. The van der Waals surface area contributed by atoms with E-state index in [1.165, 1.54) is 0 Å². The number of ether oxygens (including phenoxy) is 1. The third kappa shape index (κ3) is 4.96. The number of amides is 1. The van der Waals surface area contributed by atoms with E-state index in [0.29, 0.717) is 23.9 Å². The summed E-state index contributed by atoms with van der Waals surface area (Å²) in [6.07, 6.45) is 4.03. The first-order chi connectivity index (χ1) is 6.68. The highest BCUT2D eigenvalue weighted by Crippen LogP contribution is 2.16. The molecule has 1 N–H and O–H groups in total. The van der Waals surface area contributed by atoms with Crippen molar-refractivity contribution in [1.82, 2.24) is 5.32 Å². The summed E-state index contributed by atoms with van der Waals surface area (Å²) in [5.41, 5.74) is 0. The summed E-state index contributed by atoms with van der Waals surface area (Å²) in [6, 6.07) is 0. The lowest BCUT2D eigenvalue weighted by atomic mass is 10.1. The maximum Gasteiger partial charge on any atom is 0.220 e. The van der Waals surface area contributed by atoms with E-state index < -0.39 is 0 Å². The Labute approximate surface area is 93.7 Å². The van der Waals surface area contributed by atoms with Crippen LogP contribution in [-0.2, 0) is 9.53 Å². The molecule has 1 aliphatic heterocycles. The van der Waals surface area contributed by atoms with Crippen LogP contribution < -0.4 is 5.32 Å². The lowest BCUT2D eigenvalue weighted by molar-refractivity contribution is -0.121. The number of rotatable bonds is 5. The first-order valence-corrected chi connectivity index (χ1v) is 6.12. The highest BCUT2D eigenvalue weighted by molar-refractivity contribution is 9.09. The quantitative estimate of drug-likeness (QED) is 0.769. The number of carbonyl (C=O) groups is 1. The van der Waals surface area contributed by atoms with E-state index in [0.717, 1.165) is 25.9 Å². The first-order valence-electron chi connectivity index (χ1n) is 5.21. The first kappa shape index (κ1) is 12.0. The van der Waals surface area contributed by atoms with Gasteiger partial charge in [0.15, 0.2) is 0 Å². The summed E-state index contributed by atoms with van der Waals surface area (Å²) in [5.74, 6) is 0.131. The molecule has 2 atom stereocenters. The van der Waals surface area contributed by atoms with E-state index >= 15 is 0 Å². The lowest BCUT2D eigenvalue weighted by Crippen LogP contribution is -2.28. The number of carbonyl (C=O) groups excluding carboxylic acids is 1. The molecule has 0 aromatic heterocycles.